The van der Waals surface area contributed by atoms with Gasteiger partial charge >= 0.3 is 0 Å². The molecular weight excluding hydrogens is 240 g/mol. The zero-order valence-corrected chi connectivity index (χ0v) is 11.0. The molecule has 1 aliphatic heterocycles. The average molecular weight is 258 g/mol. The zero-order valence-electron chi connectivity index (χ0n) is 11.0. The number of carbonyl (C=O) groups is 1. The highest BCUT2D eigenvalue weighted by Gasteiger charge is 2.28. The Bertz CT molecular complexity index is 595. The Labute approximate surface area is 112 Å². The predicted octanol–water partition coefficient (Wildman–Crippen LogP) is 2.24. The van der Waals surface area contributed by atoms with Crippen LogP contribution in [0.2, 0.25) is 0 Å². The van der Waals surface area contributed by atoms with Gasteiger partial charge in [0.2, 0.25) is 0 Å². The third-order valence-corrected chi connectivity index (χ3v) is 3.69. The maximum atomic E-state index is 12.6. The molecule has 1 fully saturated rings. The number of hydrogen-bond acceptors (Lipinski definition) is 3. The molecule has 1 aromatic heterocycles. The van der Waals surface area contributed by atoms with Gasteiger partial charge in [-0.25, -0.2) is 0 Å². The van der Waals surface area contributed by atoms with Gasteiger partial charge in [-0.3, -0.25) is 4.79 Å². The molecule has 19 heavy (non-hydrogen) atoms. The van der Waals surface area contributed by atoms with E-state index in [2.05, 4.69) is 6.92 Å². The summed E-state index contributed by atoms with van der Waals surface area (Å²) in [4.78, 5) is 14.4. The molecule has 2 aromatic rings. The van der Waals surface area contributed by atoms with E-state index in [0.29, 0.717) is 18.0 Å². The van der Waals surface area contributed by atoms with Gasteiger partial charge in [-0.05, 0) is 18.4 Å². The molecule has 0 saturated carbocycles. The molecule has 2 atom stereocenters. The average Bonchev–Trinajstić information content (AvgIpc) is 2.80. The number of furan rings is 1. The Morgan fingerprint density at radius 3 is 2.95 bits per heavy atom. The van der Waals surface area contributed by atoms with Crippen LogP contribution in [0.3, 0.4) is 0 Å². The number of fused-ring (bicyclic) bond motifs is 1. The van der Waals surface area contributed by atoms with Crippen LogP contribution in [-0.2, 0) is 0 Å². The quantitative estimate of drug-likeness (QED) is 0.853. The van der Waals surface area contributed by atoms with Crippen LogP contribution in [0.1, 0.15) is 23.7 Å². The molecular formula is C15H18N2O2. The molecule has 2 unspecified atom stereocenters. The normalized spacial score (nSPS) is 23.8. The van der Waals surface area contributed by atoms with Crippen molar-refractivity contribution in [1.29, 1.82) is 0 Å². The number of likely N-dealkylation sites (tertiary alicyclic amines) is 1. The summed E-state index contributed by atoms with van der Waals surface area (Å²) >= 11 is 0. The van der Waals surface area contributed by atoms with Crippen LogP contribution < -0.4 is 5.73 Å². The zero-order chi connectivity index (χ0) is 13.4. The molecule has 4 nitrogen and oxygen atoms in total. The van der Waals surface area contributed by atoms with Gasteiger partial charge in [-0.1, -0.05) is 25.1 Å². The van der Waals surface area contributed by atoms with Gasteiger partial charge in [-0.15, -0.1) is 0 Å². The van der Waals surface area contributed by atoms with Crippen molar-refractivity contribution >= 4 is 16.9 Å². The largest absolute Gasteiger partial charge is 0.463 e. The number of rotatable bonds is 1. The lowest BCUT2D eigenvalue weighted by atomic mass is 9.96. The van der Waals surface area contributed by atoms with Gasteiger partial charge in [0.15, 0.2) is 0 Å². The summed E-state index contributed by atoms with van der Waals surface area (Å²) in [7, 11) is 0. The lowest BCUT2D eigenvalue weighted by Crippen LogP contribution is -2.48. The van der Waals surface area contributed by atoms with Crippen molar-refractivity contribution in [2.24, 2.45) is 11.7 Å². The molecule has 100 valence electrons. The fraction of sp³-hybridized carbons (Fsp3) is 0.400. The minimum atomic E-state index is 0.0203. The van der Waals surface area contributed by atoms with Crippen molar-refractivity contribution < 1.29 is 9.21 Å². The summed E-state index contributed by atoms with van der Waals surface area (Å²) in [6, 6.07) is 7.68. The molecule has 0 radical (unpaired) electrons. The van der Waals surface area contributed by atoms with Gasteiger partial charge < -0.3 is 15.1 Å². The number of benzene rings is 1. The molecule has 0 bridgehead atoms. The van der Waals surface area contributed by atoms with Gasteiger partial charge in [0, 0.05) is 24.5 Å². The lowest BCUT2D eigenvalue weighted by Gasteiger charge is -2.34. The first kappa shape index (κ1) is 12.2. The van der Waals surface area contributed by atoms with E-state index in [1.165, 1.54) is 0 Å². The first-order valence-corrected chi connectivity index (χ1v) is 6.66. The molecule has 0 spiro atoms. The van der Waals surface area contributed by atoms with Crippen LogP contribution in [0, 0.1) is 5.92 Å². The van der Waals surface area contributed by atoms with Gasteiger partial charge in [0.05, 0.1) is 5.56 Å². The molecule has 2 N–H and O–H groups in total. The molecule has 1 aliphatic rings. The highest BCUT2D eigenvalue weighted by atomic mass is 16.3. The minimum absolute atomic E-state index is 0.0203. The highest BCUT2D eigenvalue weighted by molar-refractivity contribution is 6.05. The molecule has 0 aliphatic carbocycles. The molecule has 1 amide bonds. The lowest BCUT2D eigenvalue weighted by molar-refractivity contribution is 0.0662. The number of carbonyl (C=O) groups excluding carboxylic acids is 1. The molecule has 4 heteroatoms. The van der Waals surface area contributed by atoms with Crippen LogP contribution >= 0.6 is 0 Å². The Morgan fingerprint density at radius 2 is 2.16 bits per heavy atom. The van der Waals surface area contributed by atoms with Crippen LogP contribution in [0.5, 0.6) is 0 Å². The summed E-state index contributed by atoms with van der Waals surface area (Å²) in [6.45, 7) is 3.53. The monoisotopic (exact) mass is 258 g/mol. The van der Waals surface area contributed by atoms with Crippen molar-refractivity contribution in [3.05, 3.63) is 36.1 Å². The van der Waals surface area contributed by atoms with Crippen molar-refractivity contribution in [2.75, 3.05) is 13.1 Å². The fourth-order valence-corrected chi connectivity index (χ4v) is 2.88. The maximum Gasteiger partial charge on any atom is 0.257 e. The fourth-order valence-electron chi connectivity index (χ4n) is 2.88. The third kappa shape index (κ3) is 2.24. The summed E-state index contributed by atoms with van der Waals surface area (Å²) in [5.74, 6) is 0.470. The standard InChI is InChI=1S/C15H18N2O2/c1-10-6-11(16)8-17(7-10)15(18)13-9-19-14-5-3-2-4-12(13)14/h2-5,9-11H,6-8,16H2,1H3. The Balaban J connectivity index is 1.91. The smallest absolute Gasteiger partial charge is 0.257 e. The summed E-state index contributed by atoms with van der Waals surface area (Å²) in [5, 5.41) is 0.874. The number of nitrogens with zero attached hydrogens (tertiary/aromatic N) is 1. The maximum absolute atomic E-state index is 12.6. The third-order valence-electron chi connectivity index (χ3n) is 3.69. The van der Waals surface area contributed by atoms with Crippen LogP contribution in [0.15, 0.2) is 34.9 Å². The Kier molecular flexibility index (Phi) is 3.03. The number of piperidine rings is 1. The number of amides is 1. The second-order valence-electron chi connectivity index (χ2n) is 5.46. The van der Waals surface area contributed by atoms with Crippen LogP contribution in [0.25, 0.3) is 11.0 Å². The van der Waals surface area contributed by atoms with Gasteiger partial charge in [0.25, 0.3) is 5.91 Å². The molecule has 1 aromatic carbocycles. The topological polar surface area (TPSA) is 59.5 Å². The van der Waals surface area contributed by atoms with Gasteiger partial charge in [-0.2, -0.15) is 0 Å². The van der Waals surface area contributed by atoms with Crippen molar-refractivity contribution in [1.82, 2.24) is 4.90 Å². The highest BCUT2D eigenvalue weighted by Crippen LogP contribution is 2.24. The summed E-state index contributed by atoms with van der Waals surface area (Å²) in [5.41, 5.74) is 7.39. The number of para-hydroxylation sites is 1. The van der Waals surface area contributed by atoms with Crippen molar-refractivity contribution in [3.63, 3.8) is 0 Å². The van der Waals surface area contributed by atoms with Crippen molar-refractivity contribution in [3.8, 4) is 0 Å². The Morgan fingerprint density at radius 1 is 1.37 bits per heavy atom. The predicted molar refractivity (Wildman–Crippen MR) is 73.9 cm³/mol. The van der Waals surface area contributed by atoms with E-state index in [4.69, 9.17) is 10.2 Å². The van der Waals surface area contributed by atoms with E-state index in [9.17, 15) is 4.79 Å². The van der Waals surface area contributed by atoms with E-state index in [0.717, 1.165) is 23.9 Å². The minimum Gasteiger partial charge on any atom is -0.463 e. The second-order valence-corrected chi connectivity index (χ2v) is 5.46. The molecule has 3 rings (SSSR count). The van der Waals surface area contributed by atoms with Crippen molar-refractivity contribution in [2.45, 2.75) is 19.4 Å². The first-order chi connectivity index (χ1) is 9.15. The number of hydrogen-bond donors (Lipinski definition) is 1. The summed E-state index contributed by atoms with van der Waals surface area (Å²) in [6.07, 6.45) is 2.54. The van der Waals surface area contributed by atoms with E-state index in [1.807, 2.05) is 29.2 Å². The summed E-state index contributed by atoms with van der Waals surface area (Å²) < 4.78 is 5.44. The van der Waals surface area contributed by atoms with E-state index in [1.54, 1.807) is 6.26 Å². The molecule has 2 heterocycles. The SMILES string of the molecule is CC1CC(N)CN(C(=O)c2coc3ccccc23)C1. The first-order valence-electron chi connectivity index (χ1n) is 6.66. The van der Waals surface area contributed by atoms with E-state index >= 15 is 0 Å². The van der Waals surface area contributed by atoms with Gasteiger partial charge in [0.1, 0.15) is 11.8 Å². The van der Waals surface area contributed by atoms with Crippen LogP contribution in [-0.4, -0.2) is 29.9 Å². The van der Waals surface area contributed by atoms with E-state index in [-0.39, 0.29) is 11.9 Å². The van der Waals surface area contributed by atoms with E-state index < -0.39 is 0 Å². The Hall–Kier alpha value is -1.81. The van der Waals surface area contributed by atoms with Crippen LogP contribution in [0.4, 0.5) is 0 Å². The molecule has 1 saturated heterocycles. The second kappa shape index (κ2) is 4.70. The number of nitrogens with two attached hydrogens (primary N) is 1.